The topological polar surface area (TPSA) is 68.0 Å². The van der Waals surface area contributed by atoms with Crippen molar-refractivity contribution >= 4 is 22.6 Å². The van der Waals surface area contributed by atoms with Crippen LogP contribution in [0.1, 0.15) is 50.2 Å². The van der Waals surface area contributed by atoms with E-state index < -0.39 is 0 Å². The SMILES string of the molecule is CCCn1ccc2ccc(NC(=O)N3CCC[C@@H](c4nnc5n4CCC5)C3)cc21. The second kappa shape index (κ2) is 7.54. The quantitative estimate of drug-likeness (QED) is 0.730. The van der Waals surface area contributed by atoms with Gasteiger partial charge in [-0.3, -0.25) is 0 Å². The highest BCUT2D eigenvalue weighted by Crippen LogP contribution is 2.29. The van der Waals surface area contributed by atoms with E-state index in [1.807, 2.05) is 11.0 Å². The van der Waals surface area contributed by atoms with Gasteiger partial charge in [-0.2, -0.15) is 0 Å². The van der Waals surface area contributed by atoms with Crippen LogP contribution in [-0.4, -0.2) is 43.4 Å². The summed E-state index contributed by atoms with van der Waals surface area (Å²) in [4.78, 5) is 14.9. The highest BCUT2D eigenvalue weighted by Gasteiger charge is 2.30. The number of nitrogens with one attached hydrogen (secondary N) is 1. The van der Waals surface area contributed by atoms with Crippen LogP contribution in [0.4, 0.5) is 10.5 Å². The van der Waals surface area contributed by atoms with E-state index in [0.717, 1.165) is 69.1 Å². The summed E-state index contributed by atoms with van der Waals surface area (Å²) >= 11 is 0. The third kappa shape index (κ3) is 3.39. The third-order valence-corrected chi connectivity index (χ3v) is 6.20. The lowest BCUT2D eigenvalue weighted by molar-refractivity contribution is 0.190. The van der Waals surface area contributed by atoms with Gasteiger partial charge in [0.1, 0.15) is 11.6 Å². The van der Waals surface area contributed by atoms with Crippen LogP contribution in [0.15, 0.2) is 30.5 Å². The first-order chi connectivity index (χ1) is 14.2. The van der Waals surface area contributed by atoms with Crippen LogP contribution < -0.4 is 5.32 Å². The molecule has 0 bridgehead atoms. The van der Waals surface area contributed by atoms with E-state index in [9.17, 15) is 4.79 Å². The zero-order valence-corrected chi connectivity index (χ0v) is 17.0. The number of likely N-dealkylation sites (tertiary alicyclic amines) is 1. The summed E-state index contributed by atoms with van der Waals surface area (Å²) in [5.74, 6) is 2.44. The minimum Gasteiger partial charge on any atom is -0.347 e. The fraction of sp³-hybridized carbons (Fsp3) is 0.500. The first-order valence-electron chi connectivity index (χ1n) is 10.8. The highest BCUT2D eigenvalue weighted by molar-refractivity contribution is 5.93. The zero-order valence-electron chi connectivity index (χ0n) is 17.0. The molecule has 5 rings (SSSR count). The van der Waals surface area contributed by atoms with Crippen molar-refractivity contribution in [3.05, 3.63) is 42.1 Å². The predicted octanol–water partition coefficient (Wildman–Crippen LogP) is 4.00. The van der Waals surface area contributed by atoms with Gasteiger partial charge in [-0.15, -0.1) is 10.2 Å². The number of anilines is 1. The van der Waals surface area contributed by atoms with Crippen molar-refractivity contribution in [3.63, 3.8) is 0 Å². The van der Waals surface area contributed by atoms with Gasteiger partial charge in [0.25, 0.3) is 0 Å². The minimum atomic E-state index is -0.0243. The Balaban J connectivity index is 1.30. The molecule has 7 nitrogen and oxygen atoms in total. The van der Waals surface area contributed by atoms with Gasteiger partial charge in [-0.05, 0) is 49.3 Å². The Labute approximate surface area is 170 Å². The van der Waals surface area contributed by atoms with Crippen molar-refractivity contribution in [3.8, 4) is 0 Å². The number of aryl methyl sites for hydroxylation is 2. The number of benzene rings is 1. The molecule has 0 unspecified atom stereocenters. The molecular weight excluding hydrogens is 364 g/mol. The molecule has 1 saturated heterocycles. The second-order valence-electron chi connectivity index (χ2n) is 8.23. The summed E-state index contributed by atoms with van der Waals surface area (Å²) < 4.78 is 4.51. The van der Waals surface area contributed by atoms with E-state index >= 15 is 0 Å². The lowest BCUT2D eigenvalue weighted by Crippen LogP contribution is -2.42. The van der Waals surface area contributed by atoms with Crippen molar-refractivity contribution < 1.29 is 4.79 Å². The number of hydrogen-bond acceptors (Lipinski definition) is 3. The summed E-state index contributed by atoms with van der Waals surface area (Å²) in [7, 11) is 0. The molecule has 0 spiro atoms. The molecular formula is C22H28N6O. The summed E-state index contributed by atoms with van der Waals surface area (Å²) in [6.07, 6.45) is 7.44. The number of fused-ring (bicyclic) bond motifs is 2. The number of carbonyl (C=O) groups excluding carboxylic acids is 1. The molecule has 0 aliphatic carbocycles. The van der Waals surface area contributed by atoms with Gasteiger partial charge >= 0.3 is 6.03 Å². The molecule has 2 aliphatic heterocycles. The number of piperidine rings is 1. The molecule has 2 aromatic heterocycles. The van der Waals surface area contributed by atoms with Gasteiger partial charge in [0, 0.05) is 50.4 Å². The molecule has 1 N–H and O–H groups in total. The van der Waals surface area contributed by atoms with E-state index in [2.05, 4.69) is 56.0 Å². The van der Waals surface area contributed by atoms with Crippen molar-refractivity contribution in [1.82, 2.24) is 24.2 Å². The van der Waals surface area contributed by atoms with Gasteiger partial charge in [-0.25, -0.2) is 4.79 Å². The van der Waals surface area contributed by atoms with Crippen LogP contribution in [0, 0.1) is 0 Å². The molecule has 4 heterocycles. The molecule has 7 heteroatoms. The van der Waals surface area contributed by atoms with Crippen molar-refractivity contribution in [2.24, 2.45) is 0 Å². The molecule has 2 aliphatic rings. The summed E-state index contributed by atoms with van der Waals surface area (Å²) in [6, 6.07) is 8.25. The maximum absolute atomic E-state index is 13.0. The molecule has 0 saturated carbocycles. The number of hydrogen-bond donors (Lipinski definition) is 1. The van der Waals surface area contributed by atoms with Gasteiger partial charge < -0.3 is 19.4 Å². The fourth-order valence-corrected chi connectivity index (χ4v) is 4.75. The molecule has 1 atom stereocenters. The Morgan fingerprint density at radius 3 is 3.03 bits per heavy atom. The van der Waals surface area contributed by atoms with E-state index in [1.54, 1.807) is 0 Å². The van der Waals surface area contributed by atoms with E-state index in [0.29, 0.717) is 6.54 Å². The molecule has 152 valence electrons. The van der Waals surface area contributed by atoms with Crippen molar-refractivity contribution in [1.29, 1.82) is 0 Å². The normalized spacial score (nSPS) is 18.9. The minimum absolute atomic E-state index is 0.0243. The maximum Gasteiger partial charge on any atom is 0.321 e. The molecule has 1 aromatic carbocycles. The van der Waals surface area contributed by atoms with Crippen LogP contribution in [0.2, 0.25) is 0 Å². The highest BCUT2D eigenvalue weighted by atomic mass is 16.2. The van der Waals surface area contributed by atoms with Gasteiger partial charge in [0.2, 0.25) is 0 Å². The molecule has 2 amide bonds. The first kappa shape index (κ1) is 18.2. The number of amides is 2. The van der Waals surface area contributed by atoms with Crippen LogP contribution in [0.3, 0.4) is 0 Å². The van der Waals surface area contributed by atoms with Gasteiger partial charge in [0.05, 0.1) is 5.52 Å². The molecule has 0 radical (unpaired) electrons. The smallest absolute Gasteiger partial charge is 0.321 e. The first-order valence-corrected chi connectivity index (χ1v) is 10.8. The number of aromatic nitrogens is 4. The molecule has 29 heavy (non-hydrogen) atoms. The zero-order chi connectivity index (χ0) is 19.8. The van der Waals surface area contributed by atoms with E-state index in [-0.39, 0.29) is 11.9 Å². The standard InChI is InChI=1S/C22H28N6O/c1-2-10-26-13-9-16-7-8-18(14-19(16)26)23-22(29)27-11-3-5-17(15-27)21-25-24-20-6-4-12-28(20)21/h7-9,13-14,17H,2-6,10-12,15H2,1H3,(H,23,29)/t17-/m1/s1. The number of rotatable bonds is 4. The Kier molecular flexibility index (Phi) is 4.73. The third-order valence-electron chi connectivity index (χ3n) is 6.20. The van der Waals surface area contributed by atoms with Crippen molar-refractivity contribution in [2.75, 3.05) is 18.4 Å². The molecule has 3 aromatic rings. The van der Waals surface area contributed by atoms with Crippen LogP contribution in [0.5, 0.6) is 0 Å². The van der Waals surface area contributed by atoms with Crippen LogP contribution in [-0.2, 0) is 19.5 Å². The summed E-state index contributed by atoms with van der Waals surface area (Å²) in [5.41, 5.74) is 2.02. The van der Waals surface area contributed by atoms with E-state index in [4.69, 9.17) is 0 Å². The monoisotopic (exact) mass is 392 g/mol. The number of urea groups is 1. The van der Waals surface area contributed by atoms with Gasteiger partial charge in [0.15, 0.2) is 0 Å². The van der Waals surface area contributed by atoms with Crippen LogP contribution >= 0.6 is 0 Å². The summed E-state index contributed by atoms with van der Waals surface area (Å²) in [5, 5.41) is 13.1. The average Bonchev–Trinajstić information content (AvgIpc) is 3.44. The Bertz CT molecular complexity index is 1040. The van der Waals surface area contributed by atoms with E-state index in [1.165, 1.54) is 10.9 Å². The lowest BCUT2D eigenvalue weighted by atomic mass is 9.97. The lowest BCUT2D eigenvalue weighted by Gasteiger charge is -2.32. The predicted molar refractivity (Wildman–Crippen MR) is 113 cm³/mol. The number of nitrogens with zero attached hydrogens (tertiary/aromatic N) is 5. The molecule has 1 fully saturated rings. The fourth-order valence-electron chi connectivity index (χ4n) is 4.75. The Hall–Kier alpha value is -2.83. The average molecular weight is 393 g/mol. The largest absolute Gasteiger partial charge is 0.347 e. The summed E-state index contributed by atoms with van der Waals surface area (Å²) in [6.45, 7) is 5.67. The maximum atomic E-state index is 13.0. The Morgan fingerprint density at radius 1 is 1.21 bits per heavy atom. The van der Waals surface area contributed by atoms with Crippen molar-refractivity contribution in [2.45, 2.75) is 58.0 Å². The van der Waals surface area contributed by atoms with Crippen LogP contribution in [0.25, 0.3) is 10.9 Å². The van der Waals surface area contributed by atoms with Gasteiger partial charge in [-0.1, -0.05) is 13.0 Å². The number of carbonyl (C=O) groups is 1. The second-order valence-corrected chi connectivity index (χ2v) is 8.23. The Morgan fingerprint density at radius 2 is 2.14 bits per heavy atom.